The summed E-state index contributed by atoms with van der Waals surface area (Å²) in [5.41, 5.74) is 1.47. The summed E-state index contributed by atoms with van der Waals surface area (Å²) in [6, 6.07) is 9.41. The summed E-state index contributed by atoms with van der Waals surface area (Å²) >= 11 is 3.39. The highest BCUT2D eigenvalue weighted by Crippen LogP contribution is 2.23. The Kier molecular flexibility index (Phi) is 6.44. The van der Waals surface area contributed by atoms with Crippen molar-refractivity contribution in [1.29, 1.82) is 5.26 Å². The minimum absolute atomic E-state index is 0.0754. The number of nitrogens with zero attached hydrogens (tertiary/aromatic N) is 4. The van der Waals surface area contributed by atoms with Crippen molar-refractivity contribution >= 4 is 45.1 Å². The number of hydrogen-bond acceptors (Lipinski definition) is 6. The maximum absolute atomic E-state index is 12.2. The molecule has 1 aliphatic heterocycles. The average molecular weight is 430 g/mol. The van der Waals surface area contributed by atoms with E-state index in [1.54, 1.807) is 6.20 Å². The summed E-state index contributed by atoms with van der Waals surface area (Å²) in [5.74, 6) is 1.03. The molecular weight excluding hydrogens is 410 g/mol. The van der Waals surface area contributed by atoms with Gasteiger partial charge in [-0.3, -0.25) is 0 Å². The van der Waals surface area contributed by atoms with Gasteiger partial charge < -0.3 is 20.9 Å². The van der Waals surface area contributed by atoms with Crippen LogP contribution < -0.4 is 16.0 Å². The Morgan fingerprint density at radius 2 is 2.07 bits per heavy atom. The van der Waals surface area contributed by atoms with E-state index in [9.17, 15) is 4.79 Å². The van der Waals surface area contributed by atoms with Gasteiger partial charge in [0.2, 0.25) is 5.95 Å². The van der Waals surface area contributed by atoms with Crippen molar-refractivity contribution in [3.05, 3.63) is 34.9 Å². The van der Waals surface area contributed by atoms with E-state index < -0.39 is 0 Å². The van der Waals surface area contributed by atoms with E-state index in [0.717, 1.165) is 36.1 Å². The third kappa shape index (κ3) is 5.31. The van der Waals surface area contributed by atoms with Crippen LogP contribution in [-0.2, 0) is 0 Å². The van der Waals surface area contributed by atoms with E-state index in [0.29, 0.717) is 30.4 Å². The summed E-state index contributed by atoms with van der Waals surface area (Å²) in [6.07, 6.45) is 4.14. The number of carbonyl (C=O) groups is 1. The molecule has 2 heterocycles. The average Bonchev–Trinajstić information content (AvgIpc) is 3.20. The van der Waals surface area contributed by atoms with E-state index in [1.165, 1.54) is 0 Å². The molecule has 0 bridgehead atoms. The zero-order valence-corrected chi connectivity index (χ0v) is 16.3. The standard InChI is InChI=1S/C18H20BrN7O/c19-15-12-22-17(25-16(15)21-8-4-7-20)23-13-5-3-6-14(11-13)24-18(27)26-9-1-2-10-26/h3,5-6,11-12H,1-2,4,8-10H2,(H,24,27)(H2,21,22,23,25). The van der Waals surface area contributed by atoms with Crippen LogP contribution in [0.1, 0.15) is 19.3 Å². The highest BCUT2D eigenvalue weighted by molar-refractivity contribution is 9.10. The predicted molar refractivity (Wildman–Crippen MR) is 108 cm³/mol. The molecule has 2 amide bonds. The lowest BCUT2D eigenvalue weighted by molar-refractivity contribution is 0.222. The van der Waals surface area contributed by atoms with Gasteiger partial charge in [-0.1, -0.05) is 6.07 Å². The molecule has 3 N–H and O–H groups in total. The minimum Gasteiger partial charge on any atom is -0.368 e. The van der Waals surface area contributed by atoms with Crippen LogP contribution >= 0.6 is 15.9 Å². The molecule has 1 aromatic carbocycles. The Hall–Kier alpha value is -2.86. The van der Waals surface area contributed by atoms with E-state index in [1.807, 2.05) is 29.2 Å². The van der Waals surface area contributed by atoms with Gasteiger partial charge in [-0.15, -0.1) is 0 Å². The molecule has 1 aromatic heterocycles. The van der Waals surface area contributed by atoms with Crippen molar-refractivity contribution in [2.75, 3.05) is 35.6 Å². The first-order valence-corrected chi connectivity index (χ1v) is 9.51. The maximum atomic E-state index is 12.2. The molecule has 0 aliphatic carbocycles. The van der Waals surface area contributed by atoms with E-state index in [2.05, 4.69) is 47.9 Å². The summed E-state index contributed by atoms with van der Waals surface area (Å²) in [7, 11) is 0. The highest BCUT2D eigenvalue weighted by atomic mass is 79.9. The Balaban J connectivity index is 1.66. The maximum Gasteiger partial charge on any atom is 0.321 e. The number of likely N-dealkylation sites (tertiary alicyclic amines) is 1. The molecule has 1 fully saturated rings. The van der Waals surface area contributed by atoms with Gasteiger partial charge in [-0.25, -0.2) is 9.78 Å². The normalized spacial score (nSPS) is 13.1. The van der Waals surface area contributed by atoms with Gasteiger partial charge in [0.1, 0.15) is 5.82 Å². The minimum atomic E-state index is -0.0754. The number of urea groups is 1. The predicted octanol–water partition coefficient (Wildman–Crippen LogP) is 3.94. The summed E-state index contributed by atoms with van der Waals surface area (Å²) in [4.78, 5) is 22.7. The van der Waals surface area contributed by atoms with E-state index in [4.69, 9.17) is 5.26 Å². The largest absolute Gasteiger partial charge is 0.368 e. The molecule has 2 aromatic rings. The van der Waals surface area contributed by atoms with Gasteiger partial charge >= 0.3 is 6.03 Å². The third-order valence-corrected chi connectivity index (χ3v) is 4.62. The Morgan fingerprint density at radius 3 is 2.85 bits per heavy atom. The first-order chi connectivity index (χ1) is 13.2. The lowest BCUT2D eigenvalue weighted by Gasteiger charge is -2.16. The SMILES string of the molecule is N#CCCNc1nc(Nc2cccc(NC(=O)N3CCCC3)c2)ncc1Br. The molecule has 1 aliphatic rings. The fraction of sp³-hybridized carbons (Fsp3) is 0.333. The van der Waals surface area contributed by atoms with Crippen LogP contribution in [0, 0.1) is 11.3 Å². The summed E-state index contributed by atoms with van der Waals surface area (Å²) in [6.45, 7) is 2.11. The second-order valence-corrected chi connectivity index (χ2v) is 6.91. The zero-order chi connectivity index (χ0) is 19.1. The number of nitrogens with one attached hydrogen (secondary N) is 3. The number of rotatable bonds is 6. The number of amides is 2. The van der Waals surface area contributed by atoms with Crippen LogP contribution in [0.2, 0.25) is 0 Å². The van der Waals surface area contributed by atoms with Gasteiger partial charge in [0.15, 0.2) is 0 Å². The van der Waals surface area contributed by atoms with Crippen LogP contribution in [0.4, 0.5) is 27.9 Å². The fourth-order valence-electron chi connectivity index (χ4n) is 2.71. The topological polar surface area (TPSA) is 106 Å². The first kappa shape index (κ1) is 18.9. The molecule has 0 unspecified atom stereocenters. The molecule has 3 rings (SSSR count). The first-order valence-electron chi connectivity index (χ1n) is 8.72. The van der Waals surface area contributed by atoms with Crippen molar-refractivity contribution in [2.45, 2.75) is 19.3 Å². The lowest BCUT2D eigenvalue weighted by atomic mass is 10.3. The molecule has 0 saturated carbocycles. The van der Waals surface area contributed by atoms with Crippen LogP contribution in [0.15, 0.2) is 34.9 Å². The number of carbonyl (C=O) groups excluding carboxylic acids is 1. The molecular formula is C18H20BrN7O. The molecule has 0 atom stereocenters. The monoisotopic (exact) mass is 429 g/mol. The van der Waals surface area contributed by atoms with E-state index in [-0.39, 0.29) is 6.03 Å². The van der Waals surface area contributed by atoms with Gasteiger partial charge in [-0.2, -0.15) is 10.2 Å². The van der Waals surface area contributed by atoms with Crippen molar-refractivity contribution < 1.29 is 4.79 Å². The van der Waals surface area contributed by atoms with Crippen molar-refractivity contribution in [2.24, 2.45) is 0 Å². The number of nitriles is 1. The highest BCUT2D eigenvalue weighted by Gasteiger charge is 2.17. The molecule has 1 saturated heterocycles. The van der Waals surface area contributed by atoms with Crippen molar-refractivity contribution in [1.82, 2.24) is 14.9 Å². The number of halogens is 1. The second-order valence-electron chi connectivity index (χ2n) is 6.06. The Labute approximate surface area is 166 Å². The Morgan fingerprint density at radius 1 is 1.30 bits per heavy atom. The van der Waals surface area contributed by atoms with E-state index >= 15 is 0 Å². The molecule has 9 heteroatoms. The molecule has 8 nitrogen and oxygen atoms in total. The van der Waals surface area contributed by atoms with Crippen LogP contribution in [0.3, 0.4) is 0 Å². The molecule has 0 spiro atoms. The number of aromatic nitrogens is 2. The number of anilines is 4. The smallest absolute Gasteiger partial charge is 0.321 e. The number of benzene rings is 1. The second kappa shape index (κ2) is 9.19. The van der Waals surface area contributed by atoms with Crippen LogP contribution in [0.5, 0.6) is 0 Å². The number of hydrogen-bond donors (Lipinski definition) is 3. The van der Waals surface area contributed by atoms with Gasteiger partial charge in [0.05, 0.1) is 17.0 Å². The van der Waals surface area contributed by atoms with Gasteiger partial charge in [-0.05, 0) is 47.0 Å². The summed E-state index contributed by atoms with van der Waals surface area (Å²) in [5, 5.41) is 17.8. The van der Waals surface area contributed by atoms with Gasteiger partial charge in [0.25, 0.3) is 0 Å². The van der Waals surface area contributed by atoms with Gasteiger partial charge in [0, 0.05) is 37.2 Å². The fourth-order valence-corrected chi connectivity index (χ4v) is 3.05. The van der Waals surface area contributed by atoms with Crippen LogP contribution in [0.25, 0.3) is 0 Å². The zero-order valence-electron chi connectivity index (χ0n) is 14.7. The lowest BCUT2D eigenvalue weighted by Crippen LogP contribution is -2.32. The summed E-state index contributed by atoms with van der Waals surface area (Å²) < 4.78 is 0.720. The molecule has 27 heavy (non-hydrogen) atoms. The van der Waals surface area contributed by atoms with Crippen molar-refractivity contribution in [3.63, 3.8) is 0 Å². The van der Waals surface area contributed by atoms with Crippen LogP contribution in [-0.4, -0.2) is 40.5 Å². The quantitative estimate of drug-likeness (QED) is 0.600. The molecule has 140 valence electrons. The molecule has 0 radical (unpaired) electrons. The van der Waals surface area contributed by atoms with Crippen molar-refractivity contribution in [3.8, 4) is 6.07 Å². The third-order valence-electron chi connectivity index (χ3n) is 4.04. The Bertz CT molecular complexity index is 846.